The van der Waals surface area contributed by atoms with E-state index in [0.717, 1.165) is 10.5 Å². The zero-order valence-corrected chi connectivity index (χ0v) is 21.1. The fourth-order valence-corrected chi connectivity index (χ4v) is 3.15. The van der Waals surface area contributed by atoms with E-state index in [1.54, 1.807) is 32.9 Å². The minimum atomic E-state index is -3.31. The van der Waals surface area contributed by atoms with E-state index in [4.69, 9.17) is 9.47 Å². The van der Waals surface area contributed by atoms with Crippen LogP contribution in [0.25, 0.3) is 0 Å². The molecule has 1 atom stereocenters. The molecule has 0 saturated carbocycles. The lowest BCUT2D eigenvalue weighted by Gasteiger charge is -2.38. The Kier molecular flexibility index (Phi) is 10.4. The molecule has 2 rings (SSSR count). The van der Waals surface area contributed by atoms with Gasteiger partial charge in [0.15, 0.2) is 6.10 Å². The van der Waals surface area contributed by atoms with E-state index in [9.17, 15) is 18.8 Å². The number of nitriles is 1. The fourth-order valence-electron chi connectivity index (χ4n) is 3.15. The summed E-state index contributed by atoms with van der Waals surface area (Å²) in [5, 5.41) is 9.56. The van der Waals surface area contributed by atoms with E-state index in [2.05, 4.69) is 11.6 Å². The highest BCUT2D eigenvalue weighted by atomic mass is 19.3. The number of likely N-dealkylation sites (tertiary alicyclic amines) is 1. The summed E-state index contributed by atoms with van der Waals surface area (Å²) in [5.74, 6) is -3.25. The summed E-state index contributed by atoms with van der Waals surface area (Å²) in [7, 11) is 0. The van der Waals surface area contributed by atoms with Crippen molar-refractivity contribution in [3.8, 4) is 11.8 Å². The third kappa shape index (κ3) is 8.29. The fraction of sp³-hybridized carbons (Fsp3) is 0.500. The van der Waals surface area contributed by atoms with E-state index < -0.39 is 30.3 Å². The number of carbonyl (C=O) groups excluding carboxylic acids is 1. The molecule has 34 heavy (non-hydrogen) atoms. The number of halogens is 2. The lowest BCUT2D eigenvalue weighted by molar-refractivity contribution is -0.137. The van der Waals surface area contributed by atoms with Crippen molar-refractivity contribution in [3.05, 3.63) is 53.8 Å². The number of amides is 1. The topological polar surface area (TPSA) is 74.9 Å². The summed E-state index contributed by atoms with van der Waals surface area (Å²) < 4.78 is 40.3. The molecule has 0 aliphatic carbocycles. The van der Waals surface area contributed by atoms with Gasteiger partial charge in [-0.2, -0.15) is 5.26 Å². The molecule has 0 radical (unpaired) electrons. The van der Waals surface area contributed by atoms with Gasteiger partial charge in [0.05, 0.1) is 17.8 Å². The SMILES string of the molecule is C=CN=C(C=C(C)C)c1ccc(OC2CCN(C(=O)OC(C)(C)C)CC2(F)F)c(C#N)c1.CC. The van der Waals surface area contributed by atoms with E-state index >= 15 is 0 Å². The standard InChI is InChI=1S/C24H29F2N3O3.C2H6/c1-7-28-19(12-16(2)3)17-8-9-20(18(13-17)14-27)31-21-10-11-29(15-24(21,25)26)22(30)32-23(4,5)6;1-2/h7-9,12-13,21H,1,10-11,15H2,2-6H3;1-2H3. The normalized spacial score (nSPS) is 17.5. The Morgan fingerprint density at radius 2 is 1.97 bits per heavy atom. The van der Waals surface area contributed by atoms with Crippen molar-refractivity contribution in [2.75, 3.05) is 13.1 Å². The number of allylic oxidation sites excluding steroid dienone is 2. The summed E-state index contributed by atoms with van der Waals surface area (Å²) in [4.78, 5) is 17.4. The van der Waals surface area contributed by atoms with Crippen LogP contribution in [-0.4, -0.2) is 47.4 Å². The van der Waals surface area contributed by atoms with E-state index in [-0.39, 0.29) is 24.3 Å². The highest BCUT2D eigenvalue weighted by Crippen LogP contribution is 2.33. The summed E-state index contributed by atoms with van der Waals surface area (Å²) >= 11 is 0. The highest BCUT2D eigenvalue weighted by molar-refractivity contribution is 6.09. The van der Waals surface area contributed by atoms with Crippen molar-refractivity contribution >= 4 is 11.8 Å². The van der Waals surface area contributed by atoms with Gasteiger partial charge in [0, 0.05) is 24.7 Å². The maximum atomic E-state index is 14.8. The molecule has 0 aromatic heterocycles. The number of rotatable bonds is 5. The maximum absolute atomic E-state index is 14.8. The summed E-state index contributed by atoms with van der Waals surface area (Å²) in [5.41, 5.74) is 1.58. The largest absolute Gasteiger partial charge is 0.483 e. The molecule has 1 heterocycles. The number of hydrogen-bond donors (Lipinski definition) is 0. The first-order valence-corrected chi connectivity index (χ1v) is 11.3. The molecule has 8 heteroatoms. The number of hydrogen-bond acceptors (Lipinski definition) is 5. The number of benzene rings is 1. The summed E-state index contributed by atoms with van der Waals surface area (Å²) in [6.45, 7) is 15.7. The molecule has 1 unspecified atom stereocenters. The minimum Gasteiger partial charge on any atom is -0.483 e. The Morgan fingerprint density at radius 1 is 1.32 bits per heavy atom. The third-order valence-electron chi connectivity index (χ3n) is 4.51. The number of piperidine rings is 1. The zero-order valence-electron chi connectivity index (χ0n) is 21.1. The zero-order chi connectivity index (χ0) is 26.1. The molecule has 6 nitrogen and oxygen atoms in total. The van der Waals surface area contributed by atoms with Crippen LogP contribution in [0.3, 0.4) is 0 Å². The molecule has 1 saturated heterocycles. The first-order valence-electron chi connectivity index (χ1n) is 11.3. The average molecular weight is 476 g/mol. The predicted molar refractivity (Wildman–Crippen MR) is 130 cm³/mol. The Bertz CT molecular complexity index is 968. The molecule has 0 spiro atoms. The van der Waals surface area contributed by atoms with Gasteiger partial charge in [-0.3, -0.25) is 4.99 Å². The van der Waals surface area contributed by atoms with Crippen LogP contribution in [0.5, 0.6) is 5.75 Å². The van der Waals surface area contributed by atoms with Crippen molar-refractivity contribution in [1.82, 2.24) is 4.90 Å². The van der Waals surface area contributed by atoms with Gasteiger partial charge in [0.25, 0.3) is 0 Å². The second-order valence-electron chi connectivity index (χ2n) is 8.80. The Balaban J connectivity index is 0.00000281. The second-order valence-corrected chi connectivity index (χ2v) is 8.80. The van der Waals surface area contributed by atoms with Crippen LogP contribution >= 0.6 is 0 Å². The molecule has 1 fully saturated rings. The van der Waals surface area contributed by atoms with Crippen LogP contribution in [0, 0.1) is 11.3 Å². The Morgan fingerprint density at radius 3 is 2.47 bits per heavy atom. The van der Waals surface area contributed by atoms with Crippen LogP contribution in [0.4, 0.5) is 13.6 Å². The third-order valence-corrected chi connectivity index (χ3v) is 4.51. The van der Waals surface area contributed by atoms with E-state index in [1.807, 2.05) is 39.8 Å². The van der Waals surface area contributed by atoms with Gasteiger partial charge in [-0.05, 0) is 58.9 Å². The number of nitrogens with zero attached hydrogens (tertiary/aromatic N) is 3. The molecule has 1 aromatic rings. The van der Waals surface area contributed by atoms with Crippen LogP contribution in [0.1, 0.15) is 66.0 Å². The summed E-state index contributed by atoms with van der Waals surface area (Å²) in [6.07, 6.45) is 0.868. The van der Waals surface area contributed by atoms with Crippen molar-refractivity contribution in [2.24, 2.45) is 4.99 Å². The second kappa shape index (κ2) is 12.3. The van der Waals surface area contributed by atoms with Gasteiger partial charge in [-0.25, -0.2) is 13.6 Å². The van der Waals surface area contributed by atoms with Crippen molar-refractivity contribution in [2.45, 2.75) is 72.5 Å². The lowest BCUT2D eigenvalue weighted by atomic mass is 10.0. The van der Waals surface area contributed by atoms with Gasteiger partial charge in [-0.15, -0.1) is 0 Å². The number of carbonyl (C=O) groups is 1. The molecule has 1 aromatic carbocycles. The van der Waals surface area contributed by atoms with E-state index in [1.165, 1.54) is 12.3 Å². The highest BCUT2D eigenvalue weighted by Gasteiger charge is 2.48. The van der Waals surface area contributed by atoms with Gasteiger partial charge in [0.1, 0.15) is 17.4 Å². The average Bonchev–Trinajstić information content (AvgIpc) is 2.74. The Hall–Kier alpha value is -3.21. The van der Waals surface area contributed by atoms with Gasteiger partial charge < -0.3 is 14.4 Å². The van der Waals surface area contributed by atoms with Crippen LogP contribution in [0.2, 0.25) is 0 Å². The molecule has 1 aliphatic heterocycles. The van der Waals surface area contributed by atoms with Crippen LogP contribution < -0.4 is 4.74 Å². The summed E-state index contributed by atoms with van der Waals surface area (Å²) in [6, 6.07) is 6.69. The minimum absolute atomic E-state index is 0.0572. The Labute approximate surface area is 201 Å². The molecule has 186 valence electrons. The van der Waals surface area contributed by atoms with E-state index in [0.29, 0.717) is 11.3 Å². The predicted octanol–water partition coefficient (Wildman–Crippen LogP) is 6.51. The van der Waals surface area contributed by atoms with Gasteiger partial charge in [-0.1, -0.05) is 26.0 Å². The monoisotopic (exact) mass is 475 g/mol. The van der Waals surface area contributed by atoms with Crippen molar-refractivity contribution in [3.63, 3.8) is 0 Å². The molecule has 1 aliphatic rings. The van der Waals surface area contributed by atoms with Crippen molar-refractivity contribution in [1.29, 1.82) is 5.26 Å². The first kappa shape index (κ1) is 28.8. The molecule has 1 amide bonds. The number of ether oxygens (including phenoxy) is 2. The molecule has 0 bridgehead atoms. The quantitative estimate of drug-likeness (QED) is 0.455. The number of alkyl halides is 2. The van der Waals surface area contributed by atoms with Crippen LogP contribution in [-0.2, 0) is 4.74 Å². The van der Waals surface area contributed by atoms with Gasteiger partial charge >= 0.3 is 12.0 Å². The molecular formula is C26H35F2N3O3. The van der Waals surface area contributed by atoms with Crippen LogP contribution in [0.15, 0.2) is 47.6 Å². The maximum Gasteiger partial charge on any atom is 0.410 e. The first-order chi connectivity index (χ1) is 15.9. The van der Waals surface area contributed by atoms with Crippen molar-refractivity contribution < 1.29 is 23.0 Å². The number of aliphatic imine (C=N–C) groups is 1. The lowest BCUT2D eigenvalue weighted by Crippen LogP contribution is -2.56. The van der Waals surface area contributed by atoms with Gasteiger partial charge in [0.2, 0.25) is 0 Å². The molecule has 0 N–H and O–H groups in total. The smallest absolute Gasteiger partial charge is 0.410 e. The molecular weight excluding hydrogens is 440 g/mol.